The summed E-state index contributed by atoms with van der Waals surface area (Å²) in [5, 5.41) is 5.58. The third-order valence-electron chi connectivity index (χ3n) is 5.21. The zero-order valence-corrected chi connectivity index (χ0v) is 16.6. The summed E-state index contributed by atoms with van der Waals surface area (Å²) in [6.45, 7) is 10.9. The molecule has 3 aromatic rings. The van der Waals surface area contributed by atoms with Crippen molar-refractivity contribution < 1.29 is 0 Å². The number of fused-ring (bicyclic) bond motifs is 1. The number of aromatic nitrogens is 3. The number of hydrogen-bond donors (Lipinski definition) is 0. The van der Waals surface area contributed by atoms with Crippen molar-refractivity contribution in [2.75, 3.05) is 18.0 Å². The molecule has 1 aliphatic heterocycles. The molecule has 2 aromatic heterocycles. The molecule has 2 atom stereocenters. The van der Waals surface area contributed by atoms with Gasteiger partial charge in [0.25, 0.3) is 0 Å². The van der Waals surface area contributed by atoms with Gasteiger partial charge in [-0.1, -0.05) is 43.6 Å². The fraction of sp³-hybridized carbons (Fsp3) is 0.429. The summed E-state index contributed by atoms with van der Waals surface area (Å²) >= 11 is 6.48. The number of nitrogens with zero attached hydrogens (tertiary/aromatic N) is 4. The minimum atomic E-state index is 0.682. The van der Waals surface area contributed by atoms with Gasteiger partial charge in [-0.25, -0.2) is 4.98 Å². The second kappa shape index (κ2) is 6.58. The largest absolute Gasteiger partial charge is 0.356 e. The summed E-state index contributed by atoms with van der Waals surface area (Å²) < 4.78 is 2.01. The first-order valence-electron chi connectivity index (χ1n) is 9.31. The second-order valence-electron chi connectivity index (χ2n) is 7.78. The van der Waals surface area contributed by atoms with Gasteiger partial charge in [-0.2, -0.15) is 9.61 Å². The molecule has 1 aromatic carbocycles. The molecule has 0 bridgehead atoms. The van der Waals surface area contributed by atoms with E-state index in [1.807, 2.05) is 35.7 Å². The number of rotatable bonds is 2. The van der Waals surface area contributed by atoms with Gasteiger partial charge < -0.3 is 4.90 Å². The van der Waals surface area contributed by atoms with Crippen LogP contribution >= 0.6 is 11.6 Å². The molecule has 0 unspecified atom stereocenters. The van der Waals surface area contributed by atoms with Crippen LogP contribution in [-0.2, 0) is 0 Å². The van der Waals surface area contributed by atoms with E-state index < -0.39 is 0 Å². The number of aryl methyl sites for hydroxylation is 2. The van der Waals surface area contributed by atoms with E-state index in [4.69, 9.17) is 21.7 Å². The third-order valence-corrected chi connectivity index (χ3v) is 5.54. The van der Waals surface area contributed by atoms with E-state index in [1.54, 1.807) is 0 Å². The van der Waals surface area contributed by atoms with Crippen molar-refractivity contribution in [3.63, 3.8) is 0 Å². The predicted octanol–water partition coefficient (Wildman–Crippen LogP) is 5.15. The molecular weight excluding hydrogens is 344 g/mol. The Balaban J connectivity index is 1.92. The molecule has 5 heteroatoms. The molecule has 136 valence electrons. The molecule has 0 aliphatic carbocycles. The van der Waals surface area contributed by atoms with E-state index in [-0.39, 0.29) is 0 Å². The molecule has 1 fully saturated rings. The molecule has 0 N–H and O–H groups in total. The Morgan fingerprint density at radius 3 is 2.46 bits per heavy atom. The molecule has 26 heavy (non-hydrogen) atoms. The Kier molecular flexibility index (Phi) is 4.39. The molecule has 4 nitrogen and oxygen atoms in total. The molecule has 1 saturated heterocycles. The quantitative estimate of drug-likeness (QED) is 0.627. The fourth-order valence-electron chi connectivity index (χ4n) is 4.28. The van der Waals surface area contributed by atoms with Crippen molar-refractivity contribution in [2.45, 2.75) is 34.1 Å². The van der Waals surface area contributed by atoms with Crippen LogP contribution < -0.4 is 4.90 Å². The average molecular weight is 369 g/mol. The lowest BCUT2D eigenvalue weighted by Crippen LogP contribution is -2.39. The lowest BCUT2D eigenvalue weighted by atomic mass is 9.92. The number of anilines is 1. The molecule has 0 radical (unpaired) electrons. The highest BCUT2D eigenvalue weighted by Crippen LogP contribution is 2.35. The van der Waals surface area contributed by atoms with Gasteiger partial charge in [0.2, 0.25) is 0 Å². The number of hydrogen-bond acceptors (Lipinski definition) is 3. The summed E-state index contributed by atoms with van der Waals surface area (Å²) in [6.07, 6.45) is 1.28. The molecule has 3 heterocycles. The van der Waals surface area contributed by atoms with Crippen LogP contribution in [0.3, 0.4) is 0 Å². The summed E-state index contributed by atoms with van der Waals surface area (Å²) in [7, 11) is 0. The van der Waals surface area contributed by atoms with Crippen molar-refractivity contribution in [3.8, 4) is 11.1 Å². The molecular formula is C21H25ClN4. The maximum atomic E-state index is 6.48. The Labute approximate surface area is 159 Å². The summed E-state index contributed by atoms with van der Waals surface area (Å²) in [5.41, 5.74) is 4.86. The fourth-order valence-corrected chi connectivity index (χ4v) is 4.51. The molecule has 0 amide bonds. The Bertz CT molecular complexity index is 952. The van der Waals surface area contributed by atoms with E-state index in [0.717, 1.165) is 52.1 Å². The first-order valence-corrected chi connectivity index (χ1v) is 9.68. The maximum absolute atomic E-state index is 6.48. The van der Waals surface area contributed by atoms with E-state index in [2.05, 4.69) is 31.7 Å². The standard InChI is InChI=1S/C21H25ClN4/c1-13-9-14(2)12-25(11-13)19-10-15(3)23-21-20(16(4)24-26(19)21)17-7-5-6-8-18(17)22/h5-8,10,13-14H,9,11-12H2,1-4H3/t13-,14-/m0/s1. The van der Waals surface area contributed by atoms with Crippen LogP contribution in [0.5, 0.6) is 0 Å². The van der Waals surface area contributed by atoms with Gasteiger partial charge >= 0.3 is 0 Å². The highest BCUT2D eigenvalue weighted by atomic mass is 35.5. The van der Waals surface area contributed by atoms with Crippen molar-refractivity contribution in [3.05, 3.63) is 46.7 Å². The van der Waals surface area contributed by atoms with Gasteiger partial charge in [-0.3, -0.25) is 0 Å². The Morgan fingerprint density at radius 2 is 1.77 bits per heavy atom. The lowest BCUT2D eigenvalue weighted by molar-refractivity contribution is 0.354. The number of benzene rings is 1. The van der Waals surface area contributed by atoms with Crippen LogP contribution in [0.15, 0.2) is 30.3 Å². The number of halogens is 1. The minimum Gasteiger partial charge on any atom is -0.356 e. The molecule has 0 spiro atoms. The monoisotopic (exact) mass is 368 g/mol. The first-order chi connectivity index (χ1) is 12.4. The minimum absolute atomic E-state index is 0.682. The van der Waals surface area contributed by atoms with E-state index in [9.17, 15) is 0 Å². The maximum Gasteiger partial charge on any atom is 0.165 e. The van der Waals surface area contributed by atoms with E-state index >= 15 is 0 Å². The van der Waals surface area contributed by atoms with Crippen molar-refractivity contribution in [1.82, 2.24) is 14.6 Å². The van der Waals surface area contributed by atoms with Crippen LogP contribution in [0.4, 0.5) is 5.82 Å². The van der Waals surface area contributed by atoms with Gasteiger partial charge in [-0.05, 0) is 38.2 Å². The van der Waals surface area contributed by atoms with Crippen molar-refractivity contribution >= 4 is 23.1 Å². The third kappa shape index (κ3) is 2.96. The average Bonchev–Trinajstić information content (AvgIpc) is 2.89. The summed E-state index contributed by atoms with van der Waals surface area (Å²) in [6, 6.07) is 10.1. The lowest BCUT2D eigenvalue weighted by Gasteiger charge is -2.36. The van der Waals surface area contributed by atoms with Crippen LogP contribution in [-0.4, -0.2) is 27.7 Å². The Morgan fingerprint density at radius 1 is 1.08 bits per heavy atom. The van der Waals surface area contributed by atoms with Gasteiger partial charge in [0, 0.05) is 35.4 Å². The highest BCUT2D eigenvalue weighted by Gasteiger charge is 2.26. The predicted molar refractivity (Wildman–Crippen MR) is 108 cm³/mol. The normalized spacial score (nSPS) is 20.7. The highest BCUT2D eigenvalue weighted by molar-refractivity contribution is 6.33. The summed E-state index contributed by atoms with van der Waals surface area (Å²) in [5.74, 6) is 2.50. The SMILES string of the molecule is Cc1cc(N2C[C@@H](C)C[C@H](C)C2)n2nc(C)c(-c3ccccc3Cl)c2n1. The Hall–Kier alpha value is -2.07. The van der Waals surface area contributed by atoms with E-state index in [1.165, 1.54) is 6.42 Å². The van der Waals surface area contributed by atoms with Crippen molar-refractivity contribution in [2.24, 2.45) is 11.8 Å². The van der Waals surface area contributed by atoms with Crippen molar-refractivity contribution in [1.29, 1.82) is 0 Å². The van der Waals surface area contributed by atoms with E-state index in [0.29, 0.717) is 11.8 Å². The van der Waals surface area contributed by atoms with Gasteiger partial charge in [0.05, 0.1) is 11.3 Å². The molecule has 4 rings (SSSR count). The topological polar surface area (TPSA) is 33.4 Å². The van der Waals surface area contributed by atoms with Crippen LogP contribution in [0.1, 0.15) is 31.7 Å². The van der Waals surface area contributed by atoms with Crippen LogP contribution in [0.2, 0.25) is 5.02 Å². The number of piperidine rings is 1. The molecule has 1 aliphatic rings. The van der Waals surface area contributed by atoms with Gasteiger partial charge in [0.15, 0.2) is 5.65 Å². The zero-order chi connectivity index (χ0) is 18.4. The van der Waals surface area contributed by atoms with Crippen LogP contribution in [0.25, 0.3) is 16.8 Å². The first kappa shape index (κ1) is 17.3. The van der Waals surface area contributed by atoms with Gasteiger partial charge in [-0.15, -0.1) is 0 Å². The summed E-state index contributed by atoms with van der Waals surface area (Å²) in [4.78, 5) is 7.28. The zero-order valence-electron chi connectivity index (χ0n) is 15.8. The second-order valence-corrected chi connectivity index (χ2v) is 8.19. The smallest absolute Gasteiger partial charge is 0.165 e. The van der Waals surface area contributed by atoms with Crippen LogP contribution in [0, 0.1) is 25.7 Å². The van der Waals surface area contributed by atoms with Gasteiger partial charge in [0.1, 0.15) is 5.82 Å². The molecule has 0 saturated carbocycles.